The molecule has 0 bridgehead atoms. The highest BCUT2D eigenvalue weighted by molar-refractivity contribution is 7.91. The molecule has 4 nitrogen and oxygen atoms in total. The second kappa shape index (κ2) is 7.07. The van der Waals surface area contributed by atoms with Crippen molar-refractivity contribution in [2.45, 2.75) is 31.2 Å². The summed E-state index contributed by atoms with van der Waals surface area (Å²) in [5.74, 6) is -0.140. The second-order valence-electron chi connectivity index (χ2n) is 5.14. The predicted octanol–water partition coefficient (Wildman–Crippen LogP) is 2.90. The molecule has 0 radical (unpaired) electrons. The monoisotopic (exact) mass is 337 g/mol. The Morgan fingerprint density at radius 1 is 1.23 bits per heavy atom. The van der Waals surface area contributed by atoms with E-state index in [-0.39, 0.29) is 22.6 Å². The van der Waals surface area contributed by atoms with Gasteiger partial charge in [-0.3, -0.25) is 4.79 Å². The molecule has 0 spiro atoms. The third-order valence-corrected chi connectivity index (χ3v) is 5.84. The molecule has 1 atom stereocenters. The van der Waals surface area contributed by atoms with E-state index < -0.39 is 9.84 Å². The first-order valence-corrected chi connectivity index (χ1v) is 9.66. The number of benzene rings is 1. The summed E-state index contributed by atoms with van der Waals surface area (Å²) in [4.78, 5) is 12.4. The lowest BCUT2D eigenvalue weighted by atomic mass is 10.1. The van der Waals surface area contributed by atoms with Crippen molar-refractivity contribution in [1.82, 2.24) is 5.32 Å². The average Bonchev–Trinajstić information content (AvgIpc) is 3.00. The van der Waals surface area contributed by atoms with Crippen LogP contribution in [0.1, 0.15) is 29.8 Å². The van der Waals surface area contributed by atoms with Gasteiger partial charge in [0.15, 0.2) is 9.84 Å². The topological polar surface area (TPSA) is 63.2 Å². The number of carbonyl (C=O) groups is 1. The minimum atomic E-state index is -3.23. The normalized spacial score (nSPS) is 12.8. The van der Waals surface area contributed by atoms with Crippen LogP contribution in [0.25, 0.3) is 0 Å². The zero-order valence-electron chi connectivity index (χ0n) is 12.6. The smallest absolute Gasteiger partial charge is 0.251 e. The fraction of sp³-hybridized carbons (Fsp3) is 0.312. The standard InChI is InChI=1S/C16H19NO3S2/c1-3-22(19,20)15-6-4-14(5-7-15)16(18)17-12(2)10-13-8-9-21-11-13/h4-9,11-12H,3,10H2,1-2H3,(H,17,18). The minimum Gasteiger partial charge on any atom is -0.349 e. The van der Waals surface area contributed by atoms with Crippen molar-refractivity contribution in [3.63, 3.8) is 0 Å². The molecular weight excluding hydrogens is 318 g/mol. The summed E-state index contributed by atoms with van der Waals surface area (Å²) in [5, 5.41) is 7.00. The molecule has 2 rings (SSSR count). The van der Waals surface area contributed by atoms with E-state index in [0.717, 1.165) is 6.42 Å². The van der Waals surface area contributed by atoms with E-state index in [2.05, 4.69) is 10.7 Å². The minimum absolute atomic E-state index is 0.0150. The third-order valence-electron chi connectivity index (χ3n) is 3.36. The van der Waals surface area contributed by atoms with E-state index in [1.165, 1.54) is 17.7 Å². The van der Waals surface area contributed by atoms with Crippen LogP contribution in [0.5, 0.6) is 0 Å². The number of carbonyl (C=O) groups excluding carboxylic acids is 1. The van der Waals surface area contributed by atoms with E-state index in [1.807, 2.05) is 18.4 Å². The highest BCUT2D eigenvalue weighted by atomic mass is 32.2. The molecule has 0 fully saturated rings. The van der Waals surface area contributed by atoms with Crippen LogP contribution in [0.15, 0.2) is 46.0 Å². The predicted molar refractivity (Wildman–Crippen MR) is 89.1 cm³/mol. The third kappa shape index (κ3) is 4.18. The first kappa shape index (κ1) is 16.7. The van der Waals surface area contributed by atoms with Crippen molar-refractivity contribution < 1.29 is 13.2 Å². The largest absolute Gasteiger partial charge is 0.349 e. The molecule has 2 aromatic rings. The molecule has 118 valence electrons. The van der Waals surface area contributed by atoms with Gasteiger partial charge in [-0.05, 0) is 60.0 Å². The van der Waals surface area contributed by atoms with Crippen LogP contribution < -0.4 is 5.32 Å². The number of rotatable bonds is 6. The van der Waals surface area contributed by atoms with Crippen LogP contribution in [0.3, 0.4) is 0 Å². The van der Waals surface area contributed by atoms with Crippen molar-refractivity contribution in [3.8, 4) is 0 Å². The van der Waals surface area contributed by atoms with Gasteiger partial charge in [-0.15, -0.1) is 0 Å². The number of sulfone groups is 1. The van der Waals surface area contributed by atoms with Crippen LogP contribution in [-0.2, 0) is 16.3 Å². The molecule has 6 heteroatoms. The van der Waals surface area contributed by atoms with Crippen LogP contribution in [0, 0.1) is 0 Å². The molecule has 0 saturated heterocycles. The van der Waals surface area contributed by atoms with Gasteiger partial charge in [0.2, 0.25) is 0 Å². The number of hydrogen-bond donors (Lipinski definition) is 1. The van der Waals surface area contributed by atoms with E-state index in [4.69, 9.17) is 0 Å². The van der Waals surface area contributed by atoms with Crippen LogP contribution in [0.2, 0.25) is 0 Å². The van der Waals surface area contributed by atoms with Gasteiger partial charge in [0.1, 0.15) is 0 Å². The molecule has 0 aliphatic rings. The Morgan fingerprint density at radius 3 is 2.45 bits per heavy atom. The van der Waals surface area contributed by atoms with Gasteiger partial charge < -0.3 is 5.32 Å². The Labute approximate surface area is 135 Å². The van der Waals surface area contributed by atoms with Crippen LogP contribution in [-0.4, -0.2) is 26.1 Å². The Hall–Kier alpha value is -1.66. The quantitative estimate of drug-likeness (QED) is 0.881. The van der Waals surface area contributed by atoms with E-state index >= 15 is 0 Å². The van der Waals surface area contributed by atoms with Crippen molar-refractivity contribution in [2.24, 2.45) is 0 Å². The maximum Gasteiger partial charge on any atom is 0.251 e. The van der Waals surface area contributed by atoms with Gasteiger partial charge in [-0.2, -0.15) is 11.3 Å². The Kier molecular flexibility index (Phi) is 5.37. The molecule has 1 amide bonds. The first-order valence-electron chi connectivity index (χ1n) is 7.07. The fourth-order valence-corrected chi connectivity index (χ4v) is 3.67. The van der Waals surface area contributed by atoms with Crippen molar-refractivity contribution in [2.75, 3.05) is 5.75 Å². The lowest BCUT2D eigenvalue weighted by molar-refractivity contribution is 0.0940. The molecule has 22 heavy (non-hydrogen) atoms. The SMILES string of the molecule is CCS(=O)(=O)c1ccc(C(=O)NC(C)Cc2ccsc2)cc1. The van der Waals surface area contributed by atoms with Crippen molar-refractivity contribution in [3.05, 3.63) is 52.2 Å². The first-order chi connectivity index (χ1) is 10.4. The van der Waals surface area contributed by atoms with E-state index in [0.29, 0.717) is 5.56 Å². The van der Waals surface area contributed by atoms with Gasteiger partial charge >= 0.3 is 0 Å². The summed E-state index contributed by atoms with van der Waals surface area (Å²) in [5.41, 5.74) is 1.66. The van der Waals surface area contributed by atoms with Gasteiger partial charge in [0, 0.05) is 11.6 Å². The highest BCUT2D eigenvalue weighted by Gasteiger charge is 2.14. The van der Waals surface area contributed by atoms with Crippen molar-refractivity contribution in [1.29, 1.82) is 0 Å². The van der Waals surface area contributed by atoms with Gasteiger partial charge in [0.25, 0.3) is 5.91 Å². The number of hydrogen-bond acceptors (Lipinski definition) is 4. The summed E-state index contributed by atoms with van der Waals surface area (Å²) >= 11 is 1.63. The lowest BCUT2D eigenvalue weighted by Crippen LogP contribution is -2.33. The summed E-state index contributed by atoms with van der Waals surface area (Å²) < 4.78 is 23.5. The van der Waals surface area contributed by atoms with E-state index in [9.17, 15) is 13.2 Å². The molecule has 1 unspecified atom stereocenters. The number of nitrogens with one attached hydrogen (secondary N) is 1. The molecule has 0 saturated carbocycles. The fourth-order valence-electron chi connectivity index (χ4n) is 2.10. The zero-order chi connectivity index (χ0) is 16.2. The maximum absolute atomic E-state index is 12.2. The highest BCUT2D eigenvalue weighted by Crippen LogP contribution is 2.13. The molecular formula is C16H19NO3S2. The Bertz CT molecular complexity index is 719. The lowest BCUT2D eigenvalue weighted by Gasteiger charge is -2.13. The molecule has 0 aliphatic carbocycles. The van der Waals surface area contributed by atoms with Gasteiger partial charge in [-0.1, -0.05) is 6.92 Å². The molecule has 1 heterocycles. The molecule has 0 aliphatic heterocycles. The molecule has 1 aromatic heterocycles. The van der Waals surface area contributed by atoms with Crippen LogP contribution >= 0.6 is 11.3 Å². The maximum atomic E-state index is 12.2. The summed E-state index contributed by atoms with van der Waals surface area (Å²) in [6.07, 6.45) is 0.775. The second-order valence-corrected chi connectivity index (χ2v) is 8.20. The van der Waals surface area contributed by atoms with Crippen LogP contribution in [0.4, 0.5) is 0 Å². The van der Waals surface area contributed by atoms with Gasteiger partial charge in [0.05, 0.1) is 10.6 Å². The number of amides is 1. The summed E-state index contributed by atoms with van der Waals surface area (Å²) in [6.45, 7) is 3.55. The zero-order valence-corrected chi connectivity index (χ0v) is 14.2. The van der Waals surface area contributed by atoms with E-state index in [1.54, 1.807) is 30.4 Å². The number of thiophene rings is 1. The Morgan fingerprint density at radius 2 is 1.91 bits per heavy atom. The van der Waals surface area contributed by atoms with Crippen molar-refractivity contribution >= 4 is 27.1 Å². The average molecular weight is 337 g/mol. The van der Waals surface area contributed by atoms with Gasteiger partial charge in [-0.25, -0.2) is 8.42 Å². The summed E-state index contributed by atoms with van der Waals surface area (Å²) in [7, 11) is -3.23. The Balaban J connectivity index is 2.01. The molecule has 1 N–H and O–H groups in total. The molecule has 1 aromatic carbocycles. The summed E-state index contributed by atoms with van der Waals surface area (Å²) in [6, 6.07) is 8.12.